The fourth-order valence-electron chi connectivity index (χ4n) is 3.19. The number of benzene rings is 2. The highest BCUT2D eigenvalue weighted by Gasteiger charge is 2.34. The van der Waals surface area contributed by atoms with E-state index in [9.17, 15) is 17.6 Å². The quantitative estimate of drug-likeness (QED) is 0.800. The number of carbonyl (C=O) groups excluding carboxylic acids is 1. The number of sulfonamides is 1. The predicted octanol–water partition coefficient (Wildman–Crippen LogP) is 3.05. The zero-order chi connectivity index (χ0) is 20.1. The van der Waals surface area contributed by atoms with Gasteiger partial charge in [0.2, 0.25) is 15.9 Å². The molecule has 1 N–H and O–H groups in total. The first-order valence-corrected chi connectivity index (χ1v) is 10.9. The third-order valence-electron chi connectivity index (χ3n) is 4.62. The number of carbonyl (C=O) groups is 1. The lowest BCUT2D eigenvalue weighted by atomic mass is 10.0. The smallest absolute Gasteiger partial charge is 0.238 e. The van der Waals surface area contributed by atoms with Crippen molar-refractivity contribution in [2.45, 2.75) is 31.8 Å². The molecule has 6 nitrogen and oxygen atoms in total. The highest BCUT2D eigenvalue weighted by molar-refractivity contribution is 7.88. The Balaban J connectivity index is 1.56. The molecule has 0 aliphatic carbocycles. The molecule has 8 heteroatoms. The van der Waals surface area contributed by atoms with Crippen molar-refractivity contribution >= 4 is 15.9 Å². The molecule has 0 bridgehead atoms. The van der Waals surface area contributed by atoms with Crippen LogP contribution in [-0.2, 0) is 21.4 Å². The first-order chi connectivity index (χ1) is 13.3. The second kappa shape index (κ2) is 8.70. The van der Waals surface area contributed by atoms with E-state index < -0.39 is 16.1 Å². The lowest BCUT2D eigenvalue weighted by Gasteiger charge is -2.32. The van der Waals surface area contributed by atoms with Crippen LogP contribution in [0.25, 0.3) is 0 Å². The molecule has 1 atom stereocenters. The number of piperidine rings is 1. The Labute approximate surface area is 164 Å². The summed E-state index contributed by atoms with van der Waals surface area (Å²) in [5, 5.41) is 2.82. The van der Waals surface area contributed by atoms with Crippen LogP contribution in [0.2, 0.25) is 0 Å². The zero-order valence-corrected chi connectivity index (χ0v) is 16.4. The average molecular weight is 406 g/mol. The van der Waals surface area contributed by atoms with Crippen LogP contribution >= 0.6 is 0 Å². The van der Waals surface area contributed by atoms with Crippen molar-refractivity contribution in [1.29, 1.82) is 0 Å². The summed E-state index contributed by atoms with van der Waals surface area (Å²) in [4.78, 5) is 12.5. The van der Waals surface area contributed by atoms with Gasteiger partial charge >= 0.3 is 0 Å². The van der Waals surface area contributed by atoms with E-state index in [0.717, 1.165) is 24.7 Å². The van der Waals surface area contributed by atoms with Gasteiger partial charge in [0.1, 0.15) is 23.4 Å². The van der Waals surface area contributed by atoms with Crippen molar-refractivity contribution in [3.8, 4) is 11.5 Å². The van der Waals surface area contributed by atoms with Gasteiger partial charge in [-0.05, 0) is 54.8 Å². The van der Waals surface area contributed by atoms with Gasteiger partial charge in [0.25, 0.3) is 0 Å². The Morgan fingerprint density at radius 1 is 1.11 bits per heavy atom. The van der Waals surface area contributed by atoms with Crippen LogP contribution in [0.5, 0.6) is 11.5 Å². The lowest BCUT2D eigenvalue weighted by Crippen LogP contribution is -2.51. The van der Waals surface area contributed by atoms with Gasteiger partial charge in [0.05, 0.1) is 6.26 Å². The molecule has 2 aromatic carbocycles. The van der Waals surface area contributed by atoms with Crippen LogP contribution in [-0.4, -0.2) is 37.5 Å². The van der Waals surface area contributed by atoms with E-state index in [0.29, 0.717) is 31.0 Å². The number of nitrogens with zero attached hydrogens (tertiary/aromatic N) is 1. The first-order valence-electron chi connectivity index (χ1n) is 9.10. The van der Waals surface area contributed by atoms with Gasteiger partial charge < -0.3 is 10.1 Å². The Morgan fingerprint density at radius 3 is 2.32 bits per heavy atom. The van der Waals surface area contributed by atoms with Crippen LogP contribution in [0.3, 0.4) is 0 Å². The zero-order valence-electron chi connectivity index (χ0n) is 15.6. The normalized spacial score (nSPS) is 17.9. The molecule has 1 heterocycles. The number of hydrogen-bond acceptors (Lipinski definition) is 4. The molecular weight excluding hydrogens is 383 g/mol. The molecule has 150 valence electrons. The molecule has 1 amide bonds. The summed E-state index contributed by atoms with van der Waals surface area (Å²) < 4.78 is 43.6. The molecule has 1 aliphatic rings. The van der Waals surface area contributed by atoms with Crippen molar-refractivity contribution in [2.75, 3.05) is 12.8 Å². The van der Waals surface area contributed by atoms with E-state index in [4.69, 9.17) is 4.74 Å². The monoisotopic (exact) mass is 406 g/mol. The molecule has 0 aromatic heterocycles. The van der Waals surface area contributed by atoms with Crippen LogP contribution in [0.4, 0.5) is 4.39 Å². The fraction of sp³-hybridized carbons (Fsp3) is 0.350. The summed E-state index contributed by atoms with van der Waals surface area (Å²) in [5.74, 6) is 0.514. The second-order valence-corrected chi connectivity index (χ2v) is 8.74. The number of ether oxygens (including phenoxy) is 1. The van der Waals surface area contributed by atoms with Crippen molar-refractivity contribution in [3.63, 3.8) is 0 Å². The molecule has 0 spiro atoms. The minimum atomic E-state index is -3.41. The van der Waals surface area contributed by atoms with E-state index in [1.165, 1.54) is 16.4 Å². The topological polar surface area (TPSA) is 75.7 Å². The Kier molecular flexibility index (Phi) is 6.31. The summed E-state index contributed by atoms with van der Waals surface area (Å²) in [6.45, 7) is 0.677. The molecule has 1 fully saturated rings. The van der Waals surface area contributed by atoms with Crippen molar-refractivity contribution in [2.24, 2.45) is 0 Å². The van der Waals surface area contributed by atoms with Crippen LogP contribution < -0.4 is 10.1 Å². The van der Waals surface area contributed by atoms with Gasteiger partial charge in [-0.3, -0.25) is 4.79 Å². The predicted molar refractivity (Wildman–Crippen MR) is 104 cm³/mol. The van der Waals surface area contributed by atoms with Gasteiger partial charge in [0.15, 0.2) is 0 Å². The average Bonchev–Trinajstić information content (AvgIpc) is 2.68. The molecule has 0 saturated carbocycles. The largest absolute Gasteiger partial charge is 0.457 e. The van der Waals surface area contributed by atoms with Crippen molar-refractivity contribution in [1.82, 2.24) is 9.62 Å². The summed E-state index contributed by atoms with van der Waals surface area (Å²) in [7, 11) is -3.41. The summed E-state index contributed by atoms with van der Waals surface area (Å²) in [6, 6.07) is 12.2. The van der Waals surface area contributed by atoms with E-state index >= 15 is 0 Å². The number of amides is 1. The van der Waals surface area contributed by atoms with Gasteiger partial charge in [-0.25, -0.2) is 12.8 Å². The van der Waals surface area contributed by atoms with E-state index in [1.54, 1.807) is 24.3 Å². The van der Waals surface area contributed by atoms with E-state index in [1.807, 2.05) is 12.1 Å². The highest BCUT2D eigenvalue weighted by atomic mass is 32.2. The standard InChI is InChI=1S/C20H23FN2O4S/c1-28(25,26)23-13-3-2-4-19(23)20(24)22-14-15-5-9-17(10-6-15)27-18-11-7-16(21)8-12-18/h5-12,19H,2-4,13-14H2,1H3,(H,22,24). The summed E-state index contributed by atoms with van der Waals surface area (Å²) in [6.07, 6.45) is 3.27. The highest BCUT2D eigenvalue weighted by Crippen LogP contribution is 2.22. The second-order valence-electron chi connectivity index (χ2n) is 6.80. The Bertz CT molecular complexity index is 914. The Hall–Kier alpha value is -2.45. The first kappa shape index (κ1) is 20.3. The number of nitrogens with one attached hydrogen (secondary N) is 1. The molecule has 1 unspecified atom stereocenters. The maximum absolute atomic E-state index is 12.9. The third kappa shape index (κ3) is 5.30. The minimum absolute atomic E-state index is 0.281. The lowest BCUT2D eigenvalue weighted by molar-refractivity contribution is -0.125. The fourth-order valence-corrected chi connectivity index (χ4v) is 4.31. The maximum atomic E-state index is 12.9. The molecule has 2 aromatic rings. The van der Waals surface area contributed by atoms with Crippen molar-refractivity contribution in [3.05, 3.63) is 59.9 Å². The third-order valence-corrected chi connectivity index (χ3v) is 5.91. The van der Waals surface area contributed by atoms with E-state index in [2.05, 4.69) is 5.32 Å². The molecule has 0 radical (unpaired) electrons. The van der Waals surface area contributed by atoms with Crippen LogP contribution in [0, 0.1) is 5.82 Å². The molecular formula is C20H23FN2O4S. The maximum Gasteiger partial charge on any atom is 0.238 e. The van der Waals surface area contributed by atoms with Crippen molar-refractivity contribution < 1.29 is 22.3 Å². The minimum Gasteiger partial charge on any atom is -0.457 e. The number of hydrogen-bond donors (Lipinski definition) is 1. The van der Waals surface area contributed by atoms with Gasteiger partial charge in [-0.1, -0.05) is 18.6 Å². The molecule has 3 rings (SSSR count). The molecule has 28 heavy (non-hydrogen) atoms. The number of rotatable bonds is 6. The van der Waals surface area contributed by atoms with Gasteiger partial charge in [0, 0.05) is 13.1 Å². The van der Waals surface area contributed by atoms with Gasteiger partial charge in [-0.2, -0.15) is 4.31 Å². The van der Waals surface area contributed by atoms with E-state index in [-0.39, 0.29) is 11.7 Å². The summed E-state index contributed by atoms with van der Waals surface area (Å²) >= 11 is 0. The summed E-state index contributed by atoms with van der Waals surface area (Å²) in [5.41, 5.74) is 0.863. The van der Waals surface area contributed by atoms with Crippen LogP contribution in [0.15, 0.2) is 48.5 Å². The Morgan fingerprint density at radius 2 is 1.71 bits per heavy atom. The van der Waals surface area contributed by atoms with Crippen LogP contribution in [0.1, 0.15) is 24.8 Å². The molecule has 1 saturated heterocycles. The van der Waals surface area contributed by atoms with Gasteiger partial charge in [-0.15, -0.1) is 0 Å². The SMILES string of the molecule is CS(=O)(=O)N1CCCCC1C(=O)NCc1ccc(Oc2ccc(F)cc2)cc1. The molecule has 1 aliphatic heterocycles. The number of halogens is 1.